The van der Waals surface area contributed by atoms with Crippen LogP contribution in [-0.4, -0.2) is 52.4 Å². The molecule has 164 valence electrons. The van der Waals surface area contributed by atoms with Crippen molar-refractivity contribution in [3.05, 3.63) is 58.7 Å². The number of amides is 3. The number of ether oxygens (including phenoxy) is 1. The SMILES string of the molecule is CC(C)(C)OC(=O)N(CCCN1C(=O)c2ccccc2C1=O)C1CC2=C(CCC=C2)C1. The highest BCUT2D eigenvalue weighted by Crippen LogP contribution is 2.36. The van der Waals surface area contributed by atoms with Gasteiger partial charge in [0.1, 0.15) is 5.60 Å². The predicted octanol–water partition coefficient (Wildman–Crippen LogP) is 4.72. The van der Waals surface area contributed by atoms with Crippen molar-refractivity contribution in [2.45, 2.75) is 64.5 Å². The first-order valence-corrected chi connectivity index (χ1v) is 11.1. The highest BCUT2D eigenvalue weighted by Gasteiger charge is 2.36. The number of fused-ring (bicyclic) bond motifs is 1. The Labute approximate surface area is 183 Å². The van der Waals surface area contributed by atoms with Gasteiger partial charge in [-0.2, -0.15) is 0 Å². The molecule has 3 amide bonds. The van der Waals surface area contributed by atoms with E-state index in [1.165, 1.54) is 16.0 Å². The van der Waals surface area contributed by atoms with Gasteiger partial charge in [0.25, 0.3) is 11.8 Å². The van der Waals surface area contributed by atoms with Gasteiger partial charge >= 0.3 is 6.09 Å². The number of carbonyl (C=O) groups is 3. The second-order valence-corrected chi connectivity index (χ2v) is 9.47. The molecule has 1 unspecified atom stereocenters. The van der Waals surface area contributed by atoms with Crippen LogP contribution in [0.2, 0.25) is 0 Å². The van der Waals surface area contributed by atoms with Crippen LogP contribution in [0.5, 0.6) is 0 Å². The van der Waals surface area contributed by atoms with E-state index in [0.717, 1.165) is 25.7 Å². The van der Waals surface area contributed by atoms with Crippen molar-refractivity contribution in [1.82, 2.24) is 9.80 Å². The lowest BCUT2D eigenvalue weighted by atomic mass is 10.0. The monoisotopic (exact) mass is 422 g/mol. The Balaban J connectivity index is 1.42. The fraction of sp³-hybridized carbons (Fsp3) is 0.480. The molecule has 0 saturated carbocycles. The first-order valence-electron chi connectivity index (χ1n) is 11.1. The van der Waals surface area contributed by atoms with Gasteiger partial charge < -0.3 is 9.64 Å². The number of imide groups is 1. The summed E-state index contributed by atoms with van der Waals surface area (Å²) in [5.74, 6) is -0.514. The molecule has 1 heterocycles. The quantitative estimate of drug-likeness (QED) is 0.644. The van der Waals surface area contributed by atoms with E-state index in [2.05, 4.69) is 12.2 Å². The molecule has 0 aromatic heterocycles. The van der Waals surface area contributed by atoms with Gasteiger partial charge in [0, 0.05) is 19.1 Å². The summed E-state index contributed by atoms with van der Waals surface area (Å²) < 4.78 is 5.68. The summed E-state index contributed by atoms with van der Waals surface area (Å²) in [6.45, 7) is 6.32. The van der Waals surface area contributed by atoms with Crippen LogP contribution in [0, 0.1) is 0 Å². The van der Waals surface area contributed by atoms with E-state index < -0.39 is 5.60 Å². The smallest absolute Gasteiger partial charge is 0.410 e. The summed E-state index contributed by atoms with van der Waals surface area (Å²) in [5, 5.41) is 0. The summed E-state index contributed by atoms with van der Waals surface area (Å²) in [7, 11) is 0. The van der Waals surface area contributed by atoms with Gasteiger partial charge in [-0.15, -0.1) is 0 Å². The molecule has 1 aromatic carbocycles. The van der Waals surface area contributed by atoms with Crippen LogP contribution in [0.1, 0.15) is 73.6 Å². The second-order valence-electron chi connectivity index (χ2n) is 9.47. The third-order valence-corrected chi connectivity index (χ3v) is 6.05. The molecule has 0 saturated heterocycles. The molecule has 1 atom stereocenters. The van der Waals surface area contributed by atoms with Crippen LogP contribution < -0.4 is 0 Å². The van der Waals surface area contributed by atoms with Gasteiger partial charge in [0.05, 0.1) is 11.1 Å². The van der Waals surface area contributed by atoms with Gasteiger partial charge in [-0.3, -0.25) is 14.5 Å². The maximum Gasteiger partial charge on any atom is 0.410 e. The number of allylic oxidation sites excluding steroid dienone is 2. The molecule has 1 aliphatic heterocycles. The molecule has 0 spiro atoms. The predicted molar refractivity (Wildman–Crippen MR) is 118 cm³/mol. The molecule has 0 bridgehead atoms. The Morgan fingerprint density at radius 2 is 1.81 bits per heavy atom. The molecule has 0 radical (unpaired) electrons. The highest BCUT2D eigenvalue weighted by molar-refractivity contribution is 6.21. The Bertz CT molecular complexity index is 935. The molecule has 0 fully saturated rings. The number of rotatable bonds is 5. The van der Waals surface area contributed by atoms with Crippen molar-refractivity contribution in [3.8, 4) is 0 Å². The Morgan fingerprint density at radius 1 is 1.13 bits per heavy atom. The number of benzene rings is 1. The van der Waals surface area contributed by atoms with E-state index >= 15 is 0 Å². The molecule has 31 heavy (non-hydrogen) atoms. The zero-order valence-corrected chi connectivity index (χ0v) is 18.5. The standard InChI is InChI=1S/C25H30N2O4/c1-25(2,3)31-24(30)26(19-15-17-9-4-5-10-18(17)16-19)13-8-14-27-22(28)20-11-6-7-12-21(20)23(27)29/h4,6-7,9,11-12,19H,5,8,10,13-16H2,1-3H3. The average Bonchev–Trinajstić information content (AvgIpc) is 3.24. The Hall–Kier alpha value is -2.89. The van der Waals surface area contributed by atoms with Crippen molar-refractivity contribution >= 4 is 17.9 Å². The van der Waals surface area contributed by atoms with Crippen LogP contribution in [0.25, 0.3) is 0 Å². The van der Waals surface area contributed by atoms with Crippen molar-refractivity contribution in [2.24, 2.45) is 0 Å². The average molecular weight is 423 g/mol. The number of hydrogen-bond acceptors (Lipinski definition) is 4. The van der Waals surface area contributed by atoms with Gasteiger partial charge in [-0.25, -0.2) is 4.79 Å². The van der Waals surface area contributed by atoms with Gasteiger partial charge in [-0.1, -0.05) is 29.9 Å². The van der Waals surface area contributed by atoms with E-state index in [1.54, 1.807) is 29.2 Å². The fourth-order valence-corrected chi connectivity index (χ4v) is 4.62. The van der Waals surface area contributed by atoms with E-state index in [-0.39, 0.29) is 30.5 Å². The Kier molecular flexibility index (Phi) is 5.73. The summed E-state index contributed by atoms with van der Waals surface area (Å²) in [4.78, 5) is 41.3. The molecular formula is C25H30N2O4. The van der Waals surface area contributed by atoms with E-state index in [9.17, 15) is 14.4 Å². The summed E-state index contributed by atoms with van der Waals surface area (Å²) in [6, 6.07) is 6.96. The molecule has 6 nitrogen and oxygen atoms in total. The third kappa shape index (κ3) is 4.43. The van der Waals surface area contributed by atoms with Crippen LogP contribution in [0.15, 0.2) is 47.6 Å². The van der Waals surface area contributed by atoms with Crippen LogP contribution in [-0.2, 0) is 4.74 Å². The summed E-state index contributed by atoms with van der Waals surface area (Å²) in [6.07, 6.45) is 8.37. The van der Waals surface area contributed by atoms with Crippen molar-refractivity contribution < 1.29 is 19.1 Å². The molecule has 4 rings (SSSR count). The minimum Gasteiger partial charge on any atom is -0.444 e. The first-order chi connectivity index (χ1) is 14.7. The number of nitrogens with zero attached hydrogens (tertiary/aromatic N) is 2. The van der Waals surface area contributed by atoms with Gasteiger partial charge in [-0.05, 0) is 70.6 Å². The molecule has 1 aromatic rings. The molecular weight excluding hydrogens is 392 g/mol. The lowest BCUT2D eigenvalue weighted by molar-refractivity contribution is 0.0163. The van der Waals surface area contributed by atoms with Gasteiger partial charge in [0.2, 0.25) is 0 Å². The first kappa shape index (κ1) is 21.3. The van der Waals surface area contributed by atoms with Crippen LogP contribution in [0.4, 0.5) is 4.79 Å². The van der Waals surface area contributed by atoms with E-state index in [1.807, 2.05) is 20.8 Å². The maximum absolute atomic E-state index is 13.0. The van der Waals surface area contributed by atoms with E-state index in [4.69, 9.17) is 4.74 Å². The number of carbonyl (C=O) groups excluding carboxylic acids is 3. The van der Waals surface area contributed by atoms with Crippen molar-refractivity contribution in [3.63, 3.8) is 0 Å². The zero-order valence-electron chi connectivity index (χ0n) is 18.5. The third-order valence-electron chi connectivity index (χ3n) is 6.05. The molecule has 0 N–H and O–H groups in total. The second kappa shape index (κ2) is 8.33. The topological polar surface area (TPSA) is 66.9 Å². The maximum atomic E-state index is 13.0. The highest BCUT2D eigenvalue weighted by atomic mass is 16.6. The van der Waals surface area contributed by atoms with Crippen molar-refractivity contribution in [2.75, 3.05) is 13.1 Å². The molecule has 3 aliphatic rings. The summed E-state index contributed by atoms with van der Waals surface area (Å²) in [5.41, 5.74) is 3.10. The van der Waals surface area contributed by atoms with E-state index in [0.29, 0.717) is 24.1 Å². The molecule has 6 heteroatoms. The Morgan fingerprint density at radius 3 is 2.42 bits per heavy atom. The normalized spacial score (nSPS) is 20.2. The zero-order chi connectivity index (χ0) is 22.2. The largest absolute Gasteiger partial charge is 0.444 e. The summed E-state index contributed by atoms with van der Waals surface area (Å²) >= 11 is 0. The van der Waals surface area contributed by atoms with Gasteiger partial charge in [0.15, 0.2) is 0 Å². The van der Waals surface area contributed by atoms with Crippen molar-refractivity contribution in [1.29, 1.82) is 0 Å². The fourth-order valence-electron chi connectivity index (χ4n) is 4.62. The minimum absolute atomic E-state index is 0.0600. The van der Waals surface area contributed by atoms with Crippen LogP contribution >= 0.6 is 0 Å². The number of hydrogen-bond donors (Lipinski definition) is 0. The van der Waals surface area contributed by atoms with Crippen LogP contribution in [0.3, 0.4) is 0 Å². The lowest BCUT2D eigenvalue weighted by Gasteiger charge is -2.32. The minimum atomic E-state index is -0.580. The molecule has 2 aliphatic carbocycles. The lowest BCUT2D eigenvalue weighted by Crippen LogP contribution is -2.44.